The summed E-state index contributed by atoms with van der Waals surface area (Å²) in [5.74, 6) is -0.945. The number of nitrogens with zero attached hydrogens (tertiary/aromatic N) is 3. The van der Waals surface area contributed by atoms with Gasteiger partial charge < -0.3 is 5.32 Å². The number of halogens is 1. The van der Waals surface area contributed by atoms with Gasteiger partial charge in [-0.3, -0.25) is 9.59 Å². The van der Waals surface area contributed by atoms with Crippen LogP contribution in [0.25, 0.3) is 10.9 Å². The standard InChI is InChI=1S/C16H13FN4O2/c1-10-5-6-13-14(7-10)19-20-21(16(13)23)9-15(22)18-12-4-2-3-11(17)8-12/h2-8H,9H2,1H3,(H,18,22). The number of aromatic nitrogens is 3. The smallest absolute Gasteiger partial charge is 0.278 e. The van der Waals surface area contributed by atoms with Crippen molar-refractivity contribution in [2.24, 2.45) is 0 Å². The first-order chi connectivity index (χ1) is 11.0. The van der Waals surface area contributed by atoms with E-state index in [-0.39, 0.29) is 6.54 Å². The zero-order chi connectivity index (χ0) is 16.4. The lowest BCUT2D eigenvalue weighted by Gasteiger charge is -2.07. The van der Waals surface area contributed by atoms with Gasteiger partial charge >= 0.3 is 0 Å². The van der Waals surface area contributed by atoms with Crippen LogP contribution in [0.3, 0.4) is 0 Å². The highest BCUT2D eigenvalue weighted by molar-refractivity contribution is 5.90. The number of rotatable bonds is 3. The molecule has 1 amide bonds. The number of fused-ring (bicyclic) bond motifs is 1. The minimum Gasteiger partial charge on any atom is -0.324 e. The lowest BCUT2D eigenvalue weighted by molar-refractivity contribution is -0.117. The van der Waals surface area contributed by atoms with Gasteiger partial charge in [0.1, 0.15) is 17.9 Å². The molecule has 3 aromatic rings. The fraction of sp³-hybridized carbons (Fsp3) is 0.125. The topological polar surface area (TPSA) is 76.9 Å². The molecule has 0 spiro atoms. The molecule has 1 heterocycles. The monoisotopic (exact) mass is 312 g/mol. The van der Waals surface area contributed by atoms with Crippen molar-refractivity contribution in [3.05, 3.63) is 64.2 Å². The van der Waals surface area contributed by atoms with Crippen LogP contribution in [0.5, 0.6) is 0 Å². The van der Waals surface area contributed by atoms with Crippen LogP contribution in [-0.4, -0.2) is 20.9 Å². The maximum Gasteiger partial charge on any atom is 0.278 e. The summed E-state index contributed by atoms with van der Waals surface area (Å²) in [5.41, 5.74) is 1.36. The van der Waals surface area contributed by atoms with Crippen molar-refractivity contribution in [3.8, 4) is 0 Å². The Bertz CT molecular complexity index is 952. The number of carbonyl (C=O) groups is 1. The average molecular weight is 312 g/mol. The molecule has 0 fully saturated rings. The summed E-state index contributed by atoms with van der Waals surface area (Å²) in [6, 6.07) is 10.7. The van der Waals surface area contributed by atoms with Crippen molar-refractivity contribution >= 4 is 22.5 Å². The average Bonchev–Trinajstić information content (AvgIpc) is 2.50. The van der Waals surface area contributed by atoms with E-state index in [1.807, 2.05) is 6.92 Å². The van der Waals surface area contributed by atoms with Crippen molar-refractivity contribution in [3.63, 3.8) is 0 Å². The Hall–Kier alpha value is -3.09. The van der Waals surface area contributed by atoms with Gasteiger partial charge in [-0.15, -0.1) is 5.10 Å². The van der Waals surface area contributed by atoms with Gasteiger partial charge in [-0.05, 0) is 42.8 Å². The second-order valence-corrected chi connectivity index (χ2v) is 5.13. The third-order valence-corrected chi connectivity index (χ3v) is 3.28. The fourth-order valence-electron chi connectivity index (χ4n) is 2.19. The van der Waals surface area contributed by atoms with Gasteiger partial charge in [0.05, 0.1) is 5.39 Å². The molecule has 0 atom stereocenters. The summed E-state index contributed by atoms with van der Waals surface area (Å²) >= 11 is 0. The van der Waals surface area contributed by atoms with Gasteiger partial charge in [-0.25, -0.2) is 9.07 Å². The number of amides is 1. The van der Waals surface area contributed by atoms with Crippen LogP contribution in [0.15, 0.2) is 47.3 Å². The Kier molecular flexibility index (Phi) is 3.84. The van der Waals surface area contributed by atoms with E-state index in [0.29, 0.717) is 16.6 Å². The number of anilines is 1. The van der Waals surface area contributed by atoms with Crippen LogP contribution in [-0.2, 0) is 11.3 Å². The third kappa shape index (κ3) is 3.23. The van der Waals surface area contributed by atoms with E-state index >= 15 is 0 Å². The van der Waals surface area contributed by atoms with Gasteiger partial charge in [0.25, 0.3) is 5.56 Å². The quantitative estimate of drug-likeness (QED) is 0.801. The minimum atomic E-state index is -0.488. The summed E-state index contributed by atoms with van der Waals surface area (Å²) in [6.07, 6.45) is 0. The van der Waals surface area contributed by atoms with Gasteiger partial charge in [-0.2, -0.15) is 0 Å². The van der Waals surface area contributed by atoms with E-state index in [4.69, 9.17) is 0 Å². The van der Waals surface area contributed by atoms with E-state index in [0.717, 1.165) is 10.2 Å². The normalized spacial score (nSPS) is 10.7. The highest BCUT2D eigenvalue weighted by Gasteiger charge is 2.10. The Balaban J connectivity index is 1.84. The lowest BCUT2D eigenvalue weighted by Crippen LogP contribution is -2.30. The maximum atomic E-state index is 13.1. The molecule has 1 aromatic heterocycles. The van der Waals surface area contributed by atoms with E-state index in [9.17, 15) is 14.0 Å². The molecule has 3 rings (SSSR count). The first-order valence-corrected chi connectivity index (χ1v) is 6.92. The summed E-state index contributed by atoms with van der Waals surface area (Å²) in [7, 11) is 0. The molecule has 23 heavy (non-hydrogen) atoms. The van der Waals surface area contributed by atoms with Gasteiger partial charge in [-0.1, -0.05) is 17.3 Å². The lowest BCUT2D eigenvalue weighted by atomic mass is 10.2. The number of nitrogens with one attached hydrogen (secondary N) is 1. The van der Waals surface area contributed by atoms with E-state index in [2.05, 4.69) is 15.6 Å². The Labute approximate surface area is 130 Å². The third-order valence-electron chi connectivity index (χ3n) is 3.28. The first-order valence-electron chi connectivity index (χ1n) is 6.92. The highest BCUT2D eigenvalue weighted by atomic mass is 19.1. The zero-order valence-electron chi connectivity index (χ0n) is 12.3. The Morgan fingerprint density at radius 1 is 1.26 bits per heavy atom. The molecule has 1 N–H and O–H groups in total. The molecule has 0 bridgehead atoms. The van der Waals surface area contributed by atoms with Crippen LogP contribution in [0.1, 0.15) is 5.56 Å². The van der Waals surface area contributed by atoms with Crippen LogP contribution < -0.4 is 10.9 Å². The Morgan fingerprint density at radius 2 is 2.09 bits per heavy atom. The number of hydrogen-bond acceptors (Lipinski definition) is 4. The number of carbonyl (C=O) groups excluding carboxylic acids is 1. The van der Waals surface area contributed by atoms with Crippen molar-refractivity contribution in [2.45, 2.75) is 13.5 Å². The first kappa shape index (κ1) is 14.8. The maximum absolute atomic E-state index is 13.1. The van der Waals surface area contributed by atoms with Crippen molar-refractivity contribution in [1.82, 2.24) is 15.0 Å². The van der Waals surface area contributed by atoms with Crippen molar-refractivity contribution < 1.29 is 9.18 Å². The molecule has 0 saturated carbocycles. The van der Waals surface area contributed by atoms with E-state index in [1.165, 1.54) is 18.2 Å². The van der Waals surface area contributed by atoms with Gasteiger partial charge in [0.15, 0.2) is 0 Å². The second kappa shape index (κ2) is 5.96. The van der Waals surface area contributed by atoms with Crippen LogP contribution >= 0.6 is 0 Å². The molecule has 7 heteroatoms. The number of benzene rings is 2. The summed E-state index contributed by atoms with van der Waals surface area (Å²) in [6.45, 7) is 1.59. The summed E-state index contributed by atoms with van der Waals surface area (Å²) < 4.78 is 14.1. The molecule has 116 valence electrons. The summed E-state index contributed by atoms with van der Waals surface area (Å²) in [4.78, 5) is 24.3. The van der Waals surface area contributed by atoms with Crippen LogP contribution in [0.2, 0.25) is 0 Å². The molecule has 0 radical (unpaired) electrons. The van der Waals surface area contributed by atoms with Crippen LogP contribution in [0, 0.1) is 12.7 Å². The van der Waals surface area contributed by atoms with Crippen LogP contribution in [0.4, 0.5) is 10.1 Å². The largest absolute Gasteiger partial charge is 0.324 e. The molecule has 0 aliphatic rings. The highest BCUT2D eigenvalue weighted by Crippen LogP contribution is 2.10. The number of hydrogen-bond donors (Lipinski definition) is 1. The van der Waals surface area contributed by atoms with Gasteiger partial charge in [0.2, 0.25) is 5.91 Å². The predicted molar refractivity (Wildman–Crippen MR) is 83.6 cm³/mol. The zero-order valence-corrected chi connectivity index (χ0v) is 12.3. The van der Waals surface area contributed by atoms with Crippen molar-refractivity contribution in [2.75, 3.05) is 5.32 Å². The fourth-order valence-corrected chi connectivity index (χ4v) is 2.19. The molecule has 0 aliphatic carbocycles. The molecule has 2 aromatic carbocycles. The summed E-state index contributed by atoms with van der Waals surface area (Å²) in [5, 5.41) is 10.6. The predicted octanol–water partition coefficient (Wildman–Crippen LogP) is 1.88. The molecule has 0 unspecified atom stereocenters. The molecular weight excluding hydrogens is 299 g/mol. The molecule has 0 aliphatic heterocycles. The van der Waals surface area contributed by atoms with Crippen molar-refractivity contribution in [1.29, 1.82) is 0 Å². The SMILES string of the molecule is Cc1ccc2c(=O)n(CC(=O)Nc3cccc(F)c3)nnc2c1. The molecule has 0 saturated heterocycles. The Morgan fingerprint density at radius 3 is 2.87 bits per heavy atom. The molecule has 6 nitrogen and oxygen atoms in total. The van der Waals surface area contributed by atoms with E-state index < -0.39 is 17.3 Å². The molecular formula is C16H13FN4O2. The van der Waals surface area contributed by atoms with Gasteiger partial charge in [0, 0.05) is 5.69 Å². The second-order valence-electron chi connectivity index (χ2n) is 5.13. The van der Waals surface area contributed by atoms with E-state index in [1.54, 1.807) is 24.3 Å². The number of aryl methyl sites for hydroxylation is 1. The minimum absolute atomic E-state index is 0.299.